The molecule has 14 heavy (non-hydrogen) atoms. The second-order valence-corrected chi connectivity index (χ2v) is 2.57. The summed E-state index contributed by atoms with van der Waals surface area (Å²) < 4.78 is 17.1. The van der Waals surface area contributed by atoms with Crippen molar-refractivity contribution in [1.29, 1.82) is 0 Å². The summed E-state index contributed by atoms with van der Waals surface area (Å²) in [6.07, 6.45) is 0. The van der Waals surface area contributed by atoms with Gasteiger partial charge in [0.2, 0.25) is 0 Å². The molecule has 1 aromatic rings. The molecule has 1 aromatic heterocycles. The average molecular weight is 199 g/mol. The topological polar surface area (TPSA) is 44.5 Å². The number of rotatable bonds is 4. The number of methoxy groups -OCH3 is 3. The number of aromatic nitrogens is 2. The van der Waals surface area contributed by atoms with Crippen LogP contribution in [0.25, 0.3) is 0 Å². The van der Waals surface area contributed by atoms with E-state index in [1.807, 2.05) is 11.5 Å². The highest BCUT2D eigenvalue weighted by Crippen LogP contribution is 2.16. The predicted molar refractivity (Wildman–Crippen MR) is 49.8 cm³/mol. The molecule has 0 amide bonds. The number of hydrogen-bond acceptors (Lipinski definition) is 4. The Morgan fingerprint density at radius 1 is 1.21 bits per heavy atom. The molecule has 0 unspecified atom stereocenters. The highest BCUT2D eigenvalue weighted by molar-refractivity contribution is 5.17. The van der Waals surface area contributed by atoms with Crippen LogP contribution in [0.5, 0.6) is 17.8 Å². The zero-order chi connectivity index (χ0) is 10.6. The fourth-order valence-electron chi connectivity index (χ4n) is 1.19. The highest BCUT2D eigenvalue weighted by Gasteiger charge is 2.21. The first-order valence-electron chi connectivity index (χ1n) is 4.33. The van der Waals surface area contributed by atoms with Gasteiger partial charge < -0.3 is 14.2 Å². The first-order chi connectivity index (χ1) is 6.76. The van der Waals surface area contributed by atoms with Gasteiger partial charge in [0, 0.05) is 4.98 Å². The molecule has 0 aliphatic carbocycles. The zero-order valence-corrected chi connectivity index (χ0v) is 8.90. The van der Waals surface area contributed by atoms with Crippen molar-refractivity contribution in [2.24, 2.45) is 0 Å². The van der Waals surface area contributed by atoms with Crippen LogP contribution in [0.4, 0.5) is 0 Å². The van der Waals surface area contributed by atoms with E-state index >= 15 is 0 Å². The van der Waals surface area contributed by atoms with E-state index in [1.165, 1.54) is 0 Å². The molecule has 5 heteroatoms. The quantitative estimate of drug-likeness (QED) is 0.659. The summed E-state index contributed by atoms with van der Waals surface area (Å²) in [7, 11) is 4.71. The van der Waals surface area contributed by atoms with Crippen LogP contribution in [0, 0.1) is 0 Å². The van der Waals surface area contributed by atoms with Crippen LogP contribution in [-0.2, 0) is 6.54 Å². The summed E-state index contributed by atoms with van der Waals surface area (Å²) in [6.45, 7) is 2.71. The Balaban J connectivity index is 3.24. The molecule has 1 rings (SSSR count). The van der Waals surface area contributed by atoms with Crippen LogP contribution >= 0.6 is 0 Å². The normalized spacial score (nSPS) is 9.71. The Kier molecular flexibility index (Phi) is 3.50. The maximum absolute atomic E-state index is 5.18. The Labute approximate surface area is 83.2 Å². The minimum absolute atomic E-state index is 0.475. The molecule has 0 radical (unpaired) electrons. The van der Waals surface area contributed by atoms with Crippen molar-refractivity contribution in [1.82, 2.24) is 4.98 Å². The van der Waals surface area contributed by atoms with Crippen LogP contribution in [-0.4, -0.2) is 26.3 Å². The summed E-state index contributed by atoms with van der Waals surface area (Å²) in [6, 6.07) is 2.19. The summed E-state index contributed by atoms with van der Waals surface area (Å²) in [5.41, 5.74) is 0. The molecule has 0 atom stereocenters. The van der Waals surface area contributed by atoms with Crippen LogP contribution in [0.15, 0.2) is 6.07 Å². The van der Waals surface area contributed by atoms with E-state index in [0.717, 1.165) is 6.54 Å². The molecule has 0 aliphatic heterocycles. The van der Waals surface area contributed by atoms with Gasteiger partial charge in [-0.2, -0.15) is 4.57 Å². The third kappa shape index (κ3) is 1.86. The third-order valence-electron chi connectivity index (χ3n) is 1.87. The predicted octanol–water partition coefficient (Wildman–Crippen LogP) is 0.415. The molecule has 0 aromatic carbocycles. The van der Waals surface area contributed by atoms with Crippen LogP contribution in [0.1, 0.15) is 6.92 Å². The lowest BCUT2D eigenvalue weighted by molar-refractivity contribution is -0.705. The van der Waals surface area contributed by atoms with Gasteiger partial charge in [0.15, 0.2) is 0 Å². The summed E-state index contributed by atoms with van der Waals surface area (Å²) in [5.74, 6) is 1.14. The van der Waals surface area contributed by atoms with Crippen molar-refractivity contribution >= 4 is 0 Å². The van der Waals surface area contributed by atoms with Crippen LogP contribution < -0.4 is 18.8 Å². The second kappa shape index (κ2) is 4.64. The minimum atomic E-state index is 0.475. The van der Waals surface area contributed by atoms with Crippen molar-refractivity contribution in [3.8, 4) is 17.8 Å². The summed E-state index contributed by atoms with van der Waals surface area (Å²) >= 11 is 0. The van der Waals surface area contributed by atoms with Gasteiger partial charge >= 0.3 is 11.9 Å². The Morgan fingerprint density at radius 3 is 2.36 bits per heavy atom. The van der Waals surface area contributed by atoms with Crippen LogP contribution in [0.3, 0.4) is 0 Å². The molecule has 0 N–H and O–H groups in total. The lowest BCUT2D eigenvalue weighted by Gasteiger charge is -2.05. The van der Waals surface area contributed by atoms with E-state index in [1.54, 1.807) is 27.4 Å². The first kappa shape index (κ1) is 10.6. The smallest absolute Gasteiger partial charge is 0.465 e. The molecule has 78 valence electrons. The van der Waals surface area contributed by atoms with Gasteiger partial charge in [-0.3, -0.25) is 0 Å². The standard InChI is InChI=1S/C9H15N2O3/c1-5-11-8(13-3)6-7(12-2)10-9(11)14-4/h6H,5H2,1-4H3/q+1. The number of hydrogen-bond donors (Lipinski definition) is 0. The molecule has 0 spiro atoms. The lowest BCUT2D eigenvalue weighted by atomic mass is 10.5. The molecule has 5 nitrogen and oxygen atoms in total. The van der Waals surface area contributed by atoms with E-state index in [0.29, 0.717) is 17.8 Å². The Bertz CT molecular complexity index is 290. The third-order valence-corrected chi connectivity index (χ3v) is 1.87. The van der Waals surface area contributed by atoms with E-state index in [9.17, 15) is 0 Å². The van der Waals surface area contributed by atoms with Gasteiger partial charge in [-0.15, -0.1) is 0 Å². The van der Waals surface area contributed by atoms with E-state index in [-0.39, 0.29) is 0 Å². The molecular weight excluding hydrogens is 184 g/mol. The molecule has 0 saturated carbocycles. The fraction of sp³-hybridized carbons (Fsp3) is 0.556. The summed E-state index contributed by atoms with van der Waals surface area (Å²) in [5, 5.41) is 0. The molecule has 1 heterocycles. The second-order valence-electron chi connectivity index (χ2n) is 2.57. The maximum Gasteiger partial charge on any atom is 0.504 e. The van der Waals surface area contributed by atoms with E-state index in [2.05, 4.69) is 4.98 Å². The summed E-state index contributed by atoms with van der Waals surface area (Å²) in [4.78, 5) is 4.13. The van der Waals surface area contributed by atoms with Gasteiger partial charge in [0.05, 0.1) is 27.9 Å². The molecule has 0 aliphatic rings. The SMILES string of the molecule is CC[n+]1c(OC)cc(OC)nc1OC. The number of ether oxygens (including phenoxy) is 3. The monoisotopic (exact) mass is 199 g/mol. The largest absolute Gasteiger partial charge is 0.504 e. The number of nitrogens with zero attached hydrogens (tertiary/aromatic N) is 2. The van der Waals surface area contributed by atoms with E-state index < -0.39 is 0 Å². The van der Waals surface area contributed by atoms with Gasteiger partial charge in [0.1, 0.15) is 6.07 Å². The van der Waals surface area contributed by atoms with Gasteiger partial charge in [-0.25, -0.2) is 0 Å². The lowest BCUT2D eigenvalue weighted by Crippen LogP contribution is -2.37. The molecule has 0 bridgehead atoms. The van der Waals surface area contributed by atoms with Gasteiger partial charge in [-0.1, -0.05) is 0 Å². The van der Waals surface area contributed by atoms with Crippen molar-refractivity contribution in [2.45, 2.75) is 13.5 Å². The van der Waals surface area contributed by atoms with Crippen molar-refractivity contribution in [3.05, 3.63) is 6.07 Å². The zero-order valence-electron chi connectivity index (χ0n) is 8.90. The van der Waals surface area contributed by atoms with Crippen LogP contribution in [0.2, 0.25) is 0 Å². The molecular formula is C9H15N2O3+. The maximum atomic E-state index is 5.18. The Hall–Kier alpha value is -1.52. The highest BCUT2D eigenvalue weighted by atomic mass is 16.5. The van der Waals surface area contributed by atoms with Crippen molar-refractivity contribution in [2.75, 3.05) is 21.3 Å². The van der Waals surface area contributed by atoms with Gasteiger partial charge in [-0.05, 0) is 6.92 Å². The Morgan fingerprint density at radius 2 is 1.93 bits per heavy atom. The van der Waals surface area contributed by atoms with E-state index in [4.69, 9.17) is 14.2 Å². The molecule has 0 fully saturated rings. The van der Waals surface area contributed by atoms with Crippen molar-refractivity contribution < 1.29 is 18.8 Å². The molecule has 0 saturated heterocycles. The van der Waals surface area contributed by atoms with Crippen molar-refractivity contribution in [3.63, 3.8) is 0 Å². The van der Waals surface area contributed by atoms with Gasteiger partial charge in [0.25, 0.3) is 5.88 Å². The minimum Gasteiger partial charge on any atom is -0.465 e. The average Bonchev–Trinajstić information content (AvgIpc) is 2.26. The first-order valence-corrected chi connectivity index (χ1v) is 4.33. The fourth-order valence-corrected chi connectivity index (χ4v) is 1.19.